The van der Waals surface area contributed by atoms with Gasteiger partial charge in [-0.2, -0.15) is 0 Å². The highest BCUT2D eigenvalue weighted by molar-refractivity contribution is 7.47. The highest BCUT2D eigenvalue weighted by Crippen LogP contribution is 2.46. The van der Waals surface area contributed by atoms with Gasteiger partial charge in [-0.3, -0.25) is 9.05 Å². The number of phosphoric ester groups is 1. The van der Waals surface area contributed by atoms with Crippen molar-refractivity contribution in [2.24, 2.45) is 0 Å². The zero-order chi connectivity index (χ0) is 14.5. The second-order valence-electron chi connectivity index (χ2n) is 3.80. The van der Waals surface area contributed by atoms with Gasteiger partial charge in [0.25, 0.3) is 0 Å². The van der Waals surface area contributed by atoms with Crippen LogP contribution in [0.1, 0.15) is 0 Å². The zero-order valence-electron chi connectivity index (χ0n) is 10.7. The molecule has 1 rings (SSSR count). The van der Waals surface area contributed by atoms with Crippen LogP contribution in [0.5, 0.6) is 0 Å². The number of hydrogen-bond donors (Lipinski definition) is 1. The van der Waals surface area contributed by atoms with Crippen LogP contribution in [-0.4, -0.2) is 64.5 Å². The molecular weight excluding hydrogens is 274 g/mol. The Balaban J connectivity index is 2.81. The predicted molar refractivity (Wildman–Crippen MR) is 66.6 cm³/mol. The van der Waals surface area contributed by atoms with E-state index < -0.39 is 32.1 Å². The van der Waals surface area contributed by atoms with Crippen LogP contribution in [0.25, 0.3) is 0 Å². The van der Waals surface area contributed by atoms with E-state index in [1.807, 2.05) is 0 Å². The van der Waals surface area contributed by atoms with Crippen molar-refractivity contribution in [2.75, 3.05) is 27.4 Å². The first kappa shape index (κ1) is 16.7. The molecule has 1 N–H and O–H groups in total. The molecule has 0 aromatic carbocycles. The van der Waals surface area contributed by atoms with Gasteiger partial charge in [-0.25, -0.2) is 4.57 Å². The van der Waals surface area contributed by atoms with Gasteiger partial charge in [0.05, 0.1) is 6.61 Å². The highest BCUT2D eigenvalue weighted by atomic mass is 31.2. The molecule has 9 heteroatoms. The van der Waals surface area contributed by atoms with Crippen LogP contribution in [0.4, 0.5) is 0 Å². The molecule has 0 aromatic rings. The van der Waals surface area contributed by atoms with Gasteiger partial charge < -0.3 is 19.1 Å². The Hall–Kier alpha value is -0.385. The van der Waals surface area contributed by atoms with E-state index in [2.05, 4.69) is 10.4 Å². The fourth-order valence-electron chi connectivity index (χ4n) is 1.71. The largest absolute Gasteiger partial charge is 0.472 e. The first-order chi connectivity index (χ1) is 8.95. The number of phosphoric acid groups is 1. The van der Waals surface area contributed by atoms with Crippen LogP contribution in [-0.2, 0) is 27.8 Å². The summed E-state index contributed by atoms with van der Waals surface area (Å²) in [4.78, 5) is 9.38. The van der Waals surface area contributed by atoms with Gasteiger partial charge in [0, 0.05) is 20.2 Å². The summed E-state index contributed by atoms with van der Waals surface area (Å²) in [5.41, 5.74) is 0. The summed E-state index contributed by atoms with van der Waals surface area (Å²) in [7, 11) is 4.03. The minimum absolute atomic E-state index is 0.0238. The lowest BCUT2D eigenvalue weighted by Gasteiger charge is -2.24. The molecule has 7 nitrogen and oxygen atoms in total. The lowest BCUT2D eigenvalue weighted by molar-refractivity contribution is -0.0289. The molecule has 0 saturated carbocycles. The molecule has 0 spiro atoms. The molecule has 1 heterocycles. The molecule has 0 aromatic heterocycles. The maximum atomic E-state index is 11.5. The van der Waals surface area contributed by atoms with Crippen LogP contribution in [0.3, 0.4) is 0 Å². The number of hydrogen-bond acceptors (Lipinski definition) is 6. The lowest BCUT2D eigenvalue weighted by Crippen LogP contribution is -2.38. The molecule has 1 aliphatic heterocycles. The molecule has 2 radical (unpaired) electrons. The Bertz CT molecular complexity index is 371. The molecule has 0 aliphatic carbocycles. The van der Waals surface area contributed by atoms with E-state index in [0.717, 1.165) is 7.11 Å². The smallest absolute Gasteiger partial charge is 0.382 e. The summed E-state index contributed by atoms with van der Waals surface area (Å²) < 4.78 is 36.5. The summed E-state index contributed by atoms with van der Waals surface area (Å²) in [6, 6.07) is -0.838. The fourth-order valence-corrected chi connectivity index (χ4v) is 2.36. The molecule has 1 fully saturated rings. The molecular formula is C10H16BO7P. The van der Waals surface area contributed by atoms with E-state index >= 15 is 0 Å². The van der Waals surface area contributed by atoms with Crippen molar-refractivity contribution in [3.63, 3.8) is 0 Å². The highest BCUT2D eigenvalue weighted by Gasteiger charge is 2.47. The van der Waals surface area contributed by atoms with Gasteiger partial charge in [0.2, 0.25) is 0 Å². The third-order valence-electron chi connectivity index (χ3n) is 2.52. The lowest BCUT2D eigenvalue weighted by atomic mass is 9.93. The van der Waals surface area contributed by atoms with Gasteiger partial charge in [-0.15, -0.1) is 6.42 Å². The van der Waals surface area contributed by atoms with Crippen molar-refractivity contribution in [3.8, 4) is 12.3 Å². The average molecular weight is 290 g/mol. The molecule has 106 valence electrons. The van der Waals surface area contributed by atoms with Crippen molar-refractivity contribution < 1.29 is 32.7 Å². The van der Waals surface area contributed by atoms with E-state index in [9.17, 15) is 9.46 Å². The summed E-state index contributed by atoms with van der Waals surface area (Å²) in [6.45, 7) is 0.0992. The Morgan fingerprint density at radius 3 is 2.68 bits per heavy atom. The quantitative estimate of drug-likeness (QED) is 0.390. The number of methoxy groups -OCH3 is 1. The standard InChI is InChI=1S/C10H16BO7P/c1-4-5-16-9-8(18-19(12,13)15-3)7(6-14-2)17-10(9)11/h1,7-10H,5-6H2,2-3H3,(H,12,13)/t7-,8?,9+,10-/m1/s1. The van der Waals surface area contributed by atoms with Crippen LogP contribution < -0.4 is 0 Å². The van der Waals surface area contributed by atoms with E-state index in [1.165, 1.54) is 7.11 Å². The van der Waals surface area contributed by atoms with Crippen LogP contribution in [0.15, 0.2) is 0 Å². The Kier molecular flexibility index (Phi) is 6.50. The van der Waals surface area contributed by atoms with Gasteiger partial charge >= 0.3 is 7.82 Å². The maximum absolute atomic E-state index is 11.5. The van der Waals surface area contributed by atoms with E-state index in [0.29, 0.717) is 0 Å². The van der Waals surface area contributed by atoms with Crippen LogP contribution in [0, 0.1) is 12.3 Å². The average Bonchev–Trinajstić information content (AvgIpc) is 2.63. The Morgan fingerprint density at radius 2 is 2.16 bits per heavy atom. The van der Waals surface area contributed by atoms with Crippen molar-refractivity contribution in [1.82, 2.24) is 0 Å². The molecule has 1 saturated heterocycles. The van der Waals surface area contributed by atoms with E-state index in [4.69, 9.17) is 33.0 Å². The third kappa shape index (κ3) is 4.58. The number of ether oxygens (including phenoxy) is 3. The van der Waals surface area contributed by atoms with Crippen molar-refractivity contribution in [3.05, 3.63) is 0 Å². The monoisotopic (exact) mass is 290 g/mol. The summed E-state index contributed by atoms with van der Waals surface area (Å²) in [5, 5.41) is 0. The van der Waals surface area contributed by atoms with Crippen molar-refractivity contribution >= 4 is 15.7 Å². The van der Waals surface area contributed by atoms with E-state index in [-0.39, 0.29) is 13.2 Å². The second-order valence-corrected chi connectivity index (χ2v) is 5.31. The summed E-state index contributed by atoms with van der Waals surface area (Å²) in [6.07, 6.45) is 2.74. The van der Waals surface area contributed by atoms with Gasteiger partial charge in [-0.05, 0) is 0 Å². The number of rotatable bonds is 7. The summed E-state index contributed by atoms with van der Waals surface area (Å²) in [5.74, 6) is 2.28. The third-order valence-corrected chi connectivity index (χ3v) is 3.49. The van der Waals surface area contributed by atoms with Crippen molar-refractivity contribution in [2.45, 2.75) is 24.3 Å². The van der Waals surface area contributed by atoms with Gasteiger partial charge in [0.15, 0.2) is 0 Å². The maximum Gasteiger partial charge on any atom is 0.472 e. The van der Waals surface area contributed by atoms with Crippen LogP contribution >= 0.6 is 7.82 Å². The minimum Gasteiger partial charge on any atom is -0.382 e. The predicted octanol–water partition coefficient (Wildman–Crippen LogP) is -0.323. The number of terminal acetylenes is 1. The fraction of sp³-hybridized carbons (Fsp3) is 0.800. The molecule has 5 atom stereocenters. The summed E-state index contributed by atoms with van der Waals surface area (Å²) >= 11 is 0. The van der Waals surface area contributed by atoms with Gasteiger partial charge in [0.1, 0.15) is 32.8 Å². The van der Waals surface area contributed by atoms with Crippen molar-refractivity contribution in [1.29, 1.82) is 0 Å². The Morgan fingerprint density at radius 1 is 1.47 bits per heavy atom. The van der Waals surface area contributed by atoms with Gasteiger partial charge in [-0.1, -0.05) is 5.92 Å². The van der Waals surface area contributed by atoms with Crippen LogP contribution in [0.2, 0.25) is 0 Å². The molecule has 2 unspecified atom stereocenters. The topological polar surface area (TPSA) is 83.5 Å². The molecule has 0 bridgehead atoms. The molecule has 19 heavy (non-hydrogen) atoms. The second kappa shape index (κ2) is 7.41. The van der Waals surface area contributed by atoms with E-state index in [1.54, 1.807) is 0 Å². The molecule has 1 aliphatic rings. The first-order valence-corrected chi connectivity index (χ1v) is 6.96. The normalized spacial score (nSPS) is 33.8. The zero-order valence-corrected chi connectivity index (χ0v) is 11.6. The first-order valence-electron chi connectivity index (χ1n) is 5.47. The Labute approximate surface area is 113 Å². The minimum atomic E-state index is -4.20. The SMILES string of the molecule is [B][C@@H]1O[C@H](COC)C(OP(=O)(O)OC)[C@@H]1OCC#C. The molecule has 0 amide bonds.